The highest BCUT2D eigenvalue weighted by Crippen LogP contribution is 2.42. The standard InChI is InChI=1S/C21H20Cl2N2O3/c1-2-3-9-17-18-19(28-25(17)13-7-5-4-6-8-13)21(27)24(20(18)26)14-10-11-15(22)16(23)12-14/h4-8,10-12,17-19H,2-3,9H2,1H3/t17-,18-,19-/m0/s1. The number of hydrogen-bond donors (Lipinski definition) is 0. The molecule has 0 bridgehead atoms. The minimum Gasteiger partial charge on any atom is -0.273 e. The van der Waals surface area contributed by atoms with Crippen molar-refractivity contribution in [3.05, 3.63) is 58.6 Å². The highest BCUT2D eigenvalue weighted by Gasteiger charge is 2.59. The van der Waals surface area contributed by atoms with Crippen LogP contribution >= 0.6 is 23.2 Å². The lowest BCUT2D eigenvalue weighted by atomic mass is 9.92. The highest BCUT2D eigenvalue weighted by molar-refractivity contribution is 6.42. The molecule has 0 aromatic heterocycles. The Morgan fingerprint density at radius 3 is 2.39 bits per heavy atom. The topological polar surface area (TPSA) is 49.9 Å². The van der Waals surface area contributed by atoms with Gasteiger partial charge in [0.1, 0.15) is 0 Å². The van der Waals surface area contributed by atoms with Gasteiger partial charge in [0, 0.05) is 0 Å². The Labute approximate surface area is 173 Å². The number of fused-ring (bicyclic) bond motifs is 1. The fraction of sp³-hybridized carbons (Fsp3) is 0.333. The molecular formula is C21H20Cl2N2O3. The van der Waals surface area contributed by atoms with Crippen LogP contribution in [0.4, 0.5) is 11.4 Å². The normalized spacial score (nSPS) is 24.2. The predicted octanol–water partition coefficient (Wildman–Crippen LogP) is 4.86. The lowest BCUT2D eigenvalue weighted by Crippen LogP contribution is -2.40. The molecule has 4 rings (SSSR count). The molecular weight excluding hydrogens is 399 g/mol. The van der Waals surface area contributed by atoms with Crippen LogP contribution in [0.3, 0.4) is 0 Å². The molecule has 2 fully saturated rings. The number of halogens is 2. The molecule has 5 nitrogen and oxygen atoms in total. The zero-order chi connectivity index (χ0) is 19.8. The summed E-state index contributed by atoms with van der Waals surface area (Å²) in [5.74, 6) is -1.17. The van der Waals surface area contributed by atoms with Crippen molar-refractivity contribution in [1.82, 2.24) is 0 Å². The van der Waals surface area contributed by atoms with Gasteiger partial charge in [0.25, 0.3) is 5.91 Å². The minimum atomic E-state index is -0.830. The van der Waals surface area contributed by atoms with E-state index >= 15 is 0 Å². The largest absolute Gasteiger partial charge is 0.273 e. The average molecular weight is 419 g/mol. The first-order chi connectivity index (χ1) is 13.5. The summed E-state index contributed by atoms with van der Waals surface area (Å²) < 4.78 is 0. The number of rotatable bonds is 5. The first kappa shape index (κ1) is 19.2. The van der Waals surface area contributed by atoms with Crippen molar-refractivity contribution in [3.8, 4) is 0 Å². The predicted molar refractivity (Wildman–Crippen MR) is 110 cm³/mol. The van der Waals surface area contributed by atoms with Gasteiger partial charge in [-0.15, -0.1) is 0 Å². The van der Waals surface area contributed by atoms with Gasteiger partial charge in [0.2, 0.25) is 5.91 Å². The van der Waals surface area contributed by atoms with Crippen LogP contribution in [0.25, 0.3) is 0 Å². The van der Waals surface area contributed by atoms with Crippen molar-refractivity contribution in [2.75, 3.05) is 9.96 Å². The Balaban J connectivity index is 1.68. The third-order valence-electron chi connectivity index (χ3n) is 5.26. The molecule has 0 saturated carbocycles. The second kappa shape index (κ2) is 7.74. The van der Waals surface area contributed by atoms with Gasteiger partial charge < -0.3 is 0 Å². The van der Waals surface area contributed by atoms with Crippen LogP contribution in [0.1, 0.15) is 26.2 Å². The van der Waals surface area contributed by atoms with Crippen LogP contribution in [-0.2, 0) is 14.4 Å². The first-order valence-corrected chi connectivity index (χ1v) is 10.1. The third-order valence-corrected chi connectivity index (χ3v) is 6.00. The van der Waals surface area contributed by atoms with Gasteiger partial charge in [-0.1, -0.05) is 61.2 Å². The van der Waals surface area contributed by atoms with Crippen LogP contribution in [0.15, 0.2) is 48.5 Å². The minimum absolute atomic E-state index is 0.198. The summed E-state index contributed by atoms with van der Waals surface area (Å²) in [5.41, 5.74) is 1.27. The van der Waals surface area contributed by atoms with Crippen LogP contribution in [0.5, 0.6) is 0 Å². The van der Waals surface area contributed by atoms with E-state index in [0.717, 1.165) is 24.9 Å². The van der Waals surface area contributed by atoms with Crippen LogP contribution in [0.2, 0.25) is 10.0 Å². The molecule has 0 N–H and O–H groups in total. The molecule has 2 aliphatic rings. The summed E-state index contributed by atoms with van der Waals surface area (Å²) in [5, 5.41) is 2.41. The number of imide groups is 1. The maximum Gasteiger partial charge on any atom is 0.266 e. The lowest BCUT2D eigenvalue weighted by Gasteiger charge is -2.28. The van der Waals surface area contributed by atoms with E-state index in [1.54, 1.807) is 17.2 Å². The molecule has 2 amide bonds. The van der Waals surface area contributed by atoms with Crippen LogP contribution in [-0.4, -0.2) is 24.0 Å². The van der Waals surface area contributed by atoms with Crippen molar-refractivity contribution in [2.24, 2.45) is 5.92 Å². The van der Waals surface area contributed by atoms with E-state index < -0.39 is 12.0 Å². The fourth-order valence-corrected chi connectivity index (χ4v) is 4.20. The Hall–Kier alpha value is -2.08. The third kappa shape index (κ3) is 3.17. The van der Waals surface area contributed by atoms with E-state index in [1.807, 2.05) is 30.3 Å². The first-order valence-electron chi connectivity index (χ1n) is 9.37. The van der Waals surface area contributed by atoms with Gasteiger partial charge in [-0.05, 0) is 36.8 Å². The Kier molecular flexibility index (Phi) is 5.32. The summed E-state index contributed by atoms with van der Waals surface area (Å²) in [6.45, 7) is 2.10. The van der Waals surface area contributed by atoms with Crippen molar-refractivity contribution < 1.29 is 14.4 Å². The van der Waals surface area contributed by atoms with Crippen molar-refractivity contribution in [2.45, 2.75) is 38.3 Å². The van der Waals surface area contributed by atoms with Gasteiger partial charge in [0.05, 0.1) is 33.4 Å². The molecule has 2 saturated heterocycles. The zero-order valence-electron chi connectivity index (χ0n) is 15.3. The molecule has 2 aromatic carbocycles. The molecule has 28 heavy (non-hydrogen) atoms. The molecule has 2 aliphatic heterocycles. The summed E-state index contributed by atoms with van der Waals surface area (Å²) in [4.78, 5) is 33.5. The van der Waals surface area contributed by atoms with Gasteiger partial charge in [-0.3, -0.25) is 14.4 Å². The zero-order valence-corrected chi connectivity index (χ0v) is 16.9. The molecule has 146 valence electrons. The number of unbranched alkanes of at least 4 members (excludes halogenated alkanes) is 1. The number of amides is 2. The second-order valence-corrected chi connectivity index (χ2v) is 7.85. The van der Waals surface area contributed by atoms with Gasteiger partial charge in [-0.25, -0.2) is 9.96 Å². The fourth-order valence-electron chi connectivity index (χ4n) is 3.91. The number of nitrogens with zero attached hydrogens (tertiary/aromatic N) is 2. The molecule has 7 heteroatoms. The molecule has 2 heterocycles. The number of anilines is 2. The van der Waals surface area contributed by atoms with Crippen LogP contribution < -0.4 is 9.96 Å². The maximum absolute atomic E-state index is 13.3. The quantitative estimate of drug-likeness (QED) is 0.650. The maximum atomic E-state index is 13.3. The smallest absolute Gasteiger partial charge is 0.266 e. The molecule has 0 radical (unpaired) electrons. The van der Waals surface area contributed by atoms with Crippen molar-refractivity contribution in [3.63, 3.8) is 0 Å². The lowest BCUT2D eigenvalue weighted by molar-refractivity contribution is -0.126. The molecule has 0 aliphatic carbocycles. The van der Waals surface area contributed by atoms with E-state index in [1.165, 1.54) is 11.0 Å². The van der Waals surface area contributed by atoms with Crippen molar-refractivity contribution >= 4 is 46.4 Å². The Bertz CT molecular complexity index is 906. The Morgan fingerprint density at radius 1 is 0.964 bits per heavy atom. The molecule has 0 unspecified atom stereocenters. The number of carbonyl (C=O) groups excluding carboxylic acids is 2. The molecule has 0 spiro atoms. The summed E-state index contributed by atoms with van der Waals surface area (Å²) >= 11 is 12.1. The highest BCUT2D eigenvalue weighted by atomic mass is 35.5. The van der Waals surface area contributed by atoms with E-state index in [9.17, 15) is 9.59 Å². The van der Waals surface area contributed by atoms with E-state index in [2.05, 4.69) is 6.92 Å². The number of carbonyl (C=O) groups is 2. The second-order valence-electron chi connectivity index (χ2n) is 7.03. The van der Waals surface area contributed by atoms with Crippen LogP contribution in [0, 0.1) is 5.92 Å². The number of para-hydroxylation sites is 1. The molecule has 3 atom stereocenters. The monoisotopic (exact) mass is 418 g/mol. The average Bonchev–Trinajstić information content (AvgIpc) is 3.19. The van der Waals surface area contributed by atoms with E-state index in [-0.39, 0.29) is 17.9 Å². The summed E-state index contributed by atoms with van der Waals surface area (Å²) in [7, 11) is 0. The van der Waals surface area contributed by atoms with E-state index in [0.29, 0.717) is 15.7 Å². The van der Waals surface area contributed by atoms with Gasteiger partial charge >= 0.3 is 0 Å². The number of hydrogen-bond acceptors (Lipinski definition) is 4. The van der Waals surface area contributed by atoms with Gasteiger partial charge in [-0.2, -0.15) is 0 Å². The number of hydroxylamine groups is 1. The SMILES string of the molecule is CCCC[C@H]1[C@@H]2C(=O)N(c3ccc(Cl)c(Cl)c3)C(=O)[C@H]2ON1c1ccccc1. The number of benzene rings is 2. The Morgan fingerprint density at radius 2 is 1.71 bits per heavy atom. The summed E-state index contributed by atoms with van der Waals surface area (Å²) in [6, 6.07) is 14.1. The molecule has 2 aromatic rings. The van der Waals surface area contributed by atoms with Crippen molar-refractivity contribution in [1.29, 1.82) is 0 Å². The van der Waals surface area contributed by atoms with E-state index in [4.69, 9.17) is 28.0 Å². The van der Waals surface area contributed by atoms with Gasteiger partial charge in [0.15, 0.2) is 6.10 Å². The summed E-state index contributed by atoms with van der Waals surface area (Å²) in [6.07, 6.45) is 1.87.